The number of nitrogens with zero attached hydrogens (tertiary/aromatic N) is 7. The van der Waals surface area contributed by atoms with E-state index in [1.807, 2.05) is 54.7 Å². The van der Waals surface area contributed by atoms with Crippen LogP contribution in [-0.4, -0.2) is 72.2 Å². The highest BCUT2D eigenvalue weighted by Gasteiger charge is 2.51. The molecule has 13 rings (SSSR count). The largest absolute Gasteiger partial charge is 0.351 e. The van der Waals surface area contributed by atoms with Gasteiger partial charge in [-0.2, -0.15) is 10.2 Å². The van der Waals surface area contributed by atoms with Crippen LogP contribution < -0.4 is 26.2 Å². The van der Waals surface area contributed by atoms with Gasteiger partial charge in [0.15, 0.2) is 5.13 Å². The number of benzene rings is 3. The highest BCUT2D eigenvalue weighted by molar-refractivity contribution is 7.22. The molecule has 7 aromatic rings. The van der Waals surface area contributed by atoms with Gasteiger partial charge in [0, 0.05) is 79.5 Å². The summed E-state index contributed by atoms with van der Waals surface area (Å²) >= 11 is 1.66. The lowest BCUT2D eigenvalue weighted by Gasteiger charge is -2.56. The molecule has 1 atom stereocenters. The number of hydrogen-bond acceptors (Lipinski definition) is 11. The van der Waals surface area contributed by atoms with Crippen molar-refractivity contribution in [2.75, 3.05) is 28.6 Å². The number of carbonyl (C=O) groups is 5. The average molecular weight is 1010 g/mol. The fraction of sp³-hybridized carbons (Fsp3) is 0.421. The van der Waals surface area contributed by atoms with Crippen LogP contribution >= 0.6 is 11.3 Å². The number of piperidine rings is 1. The molecule has 2 aliphatic heterocycles. The number of amides is 5. The van der Waals surface area contributed by atoms with Crippen LogP contribution in [0, 0.1) is 30.1 Å². The van der Waals surface area contributed by atoms with Gasteiger partial charge in [-0.15, -0.1) is 0 Å². The number of imide groups is 1. The van der Waals surface area contributed by atoms with E-state index in [1.165, 1.54) is 38.5 Å². The summed E-state index contributed by atoms with van der Waals surface area (Å²) < 4.78 is 4.97. The Balaban J connectivity index is 0.718. The molecule has 0 radical (unpaired) electrons. The summed E-state index contributed by atoms with van der Waals surface area (Å²) in [6, 6.07) is 23.2. The molecule has 5 amide bonds. The molecule has 4 N–H and O–H groups in total. The normalized spacial score (nSPS) is 22.0. The third kappa shape index (κ3) is 9.34. The molecule has 4 bridgehead atoms. The van der Waals surface area contributed by atoms with E-state index >= 15 is 0 Å². The number of carbonyl (C=O) groups excluding carboxylic acids is 5. The molecule has 4 aromatic heterocycles. The van der Waals surface area contributed by atoms with E-state index in [0.717, 1.165) is 85.9 Å². The Labute approximate surface area is 433 Å². The average Bonchev–Trinajstić information content (AvgIpc) is 4.08. The lowest BCUT2D eigenvalue weighted by Crippen LogP contribution is -2.48. The SMILES string of the molecule is Cc1c(-c2ccc(NC(=O)c3cccc4c3CN(c3nc5ccccc5s3)CC4)nc2C(=O)NCCCCCC(=O)Nc2ccc3c(C4CCC(=O)NC4=O)nn(C)c3c2)cnn1CC12CC3CC(CC(C3)C1)C2. The summed E-state index contributed by atoms with van der Waals surface area (Å²) in [5, 5.41) is 22.9. The number of pyridine rings is 1. The van der Waals surface area contributed by atoms with E-state index in [1.54, 1.807) is 35.2 Å². The molecular weight excluding hydrogens is 951 g/mol. The highest BCUT2D eigenvalue weighted by atomic mass is 32.1. The zero-order valence-corrected chi connectivity index (χ0v) is 42.7. The maximum absolute atomic E-state index is 14.3. The first-order chi connectivity index (χ1) is 35.9. The first kappa shape index (κ1) is 47.7. The summed E-state index contributed by atoms with van der Waals surface area (Å²) in [6.45, 7) is 4.69. The summed E-state index contributed by atoms with van der Waals surface area (Å²) in [6.07, 6.45) is 13.5. The summed E-state index contributed by atoms with van der Waals surface area (Å²) in [5.41, 5.74) is 8.63. The van der Waals surface area contributed by atoms with Crippen LogP contribution in [0.1, 0.15) is 126 Å². The van der Waals surface area contributed by atoms with Crippen LogP contribution in [0.4, 0.5) is 16.6 Å². The van der Waals surface area contributed by atoms with Gasteiger partial charge in [-0.05, 0) is 154 Å². The van der Waals surface area contributed by atoms with Gasteiger partial charge in [0.05, 0.1) is 33.5 Å². The molecule has 17 heteroatoms. The summed E-state index contributed by atoms with van der Waals surface area (Å²) in [5.74, 6) is 0.864. The van der Waals surface area contributed by atoms with Crippen molar-refractivity contribution in [2.24, 2.45) is 30.2 Å². The molecular formula is C57H61N11O5S. The Kier molecular flexibility index (Phi) is 12.6. The molecule has 5 fully saturated rings. The van der Waals surface area contributed by atoms with E-state index in [9.17, 15) is 24.0 Å². The highest BCUT2D eigenvalue weighted by Crippen LogP contribution is 2.60. The number of fused-ring (bicyclic) bond motifs is 3. The molecule has 3 aromatic carbocycles. The number of rotatable bonds is 15. The molecule has 1 unspecified atom stereocenters. The minimum atomic E-state index is -0.511. The van der Waals surface area contributed by atoms with Crippen molar-refractivity contribution in [3.05, 3.63) is 113 Å². The maximum atomic E-state index is 14.3. The number of para-hydroxylation sites is 1. The van der Waals surface area contributed by atoms with E-state index in [-0.39, 0.29) is 52.9 Å². The van der Waals surface area contributed by atoms with E-state index in [4.69, 9.17) is 15.1 Å². The Morgan fingerprint density at radius 3 is 2.46 bits per heavy atom. The van der Waals surface area contributed by atoms with Crippen molar-refractivity contribution < 1.29 is 24.0 Å². The molecule has 1 saturated heterocycles. The zero-order valence-electron chi connectivity index (χ0n) is 41.9. The van der Waals surface area contributed by atoms with E-state index in [2.05, 4.69) is 55.0 Å². The summed E-state index contributed by atoms with van der Waals surface area (Å²) in [4.78, 5) is 78.1. The number of unbranched alkanes of at least 4 members (excludes halogenated alkanes) is 2. The predicted octanol–water partition coefficient (Wildman–Crippen LogP) is 9.23. The first-order valence-corrected chi connectivity index (χ1v) is 27.2. The number of nitrogens with one attached hydrogen (secondary N) is 4. The number of aromatic nitrogens is 6. The van der Waals surface area contributed by atoms with Crippen LogP contribution in [0.2, 0.25) is 0 Å². The van der Waals surface area contributed by atoms with Gasteiger partial charge in [0.2, 0.25) is 17.7 Å². The Bertz CT molecular complexity index is 3320. The quantitative estimate of drug-likeness (QED) is 0.0567. The minimum absolute atomic E-state index is 0.130. The third-order valence-electron chi connectivity index (χ3n) is 16.6. The topological polar surface area (TPSA) is 198 Å². The molecule has 74 heavy (non-hydrogen) atoms. The fourth-order valence-corrected chi connectivity index (χ4v) is 14.4. The third-order valence-corrected chi connectivity index (χ3v) is 17.7. The van der Waals surface area contributed by atoms with Crippen LogP contribution in [0.3, 0.4) is 0 Å². The predicted molar refractivity (Wildman–Crippen MR) is 285 cm³/mol. The van der Waals surface area contributed by atoms with Gasteiger partial charge in [0.1, 0.15) is 11.5 Å². The van der Waals surface area contributed by atoms with Crippen LogP contribution in [-0.2, 0) is 40.9 Å². The number of aryl methyl sites for hydroxylation is 1. The first-order valence-electron chi connectivity index (χ1n) is 26.4. The standard InChI is InChI=1S/C57H61N11O5S/c1-33-43(30-59-68(33)32-57-27-34-23-35(28-57)25-36(24-34)29-57)39-16-18-48(63-53(71)40-10-8-9-37-20-22-67(31-44(37)40)56-61-45-11-5-6-12-47(45)74-56)62-52(39)55(73)58-21-7-3-4-13-49(69)60-38-14-15-41-46(26-38)66(2)65-51(41)42-17-19-50(70)64-54(42)72/h5-6,8-12,14-16,18,26,30,34-36,42H,3-4,7,13,17,19-25,27-29,31-32H2,1-2H3,(H,58,73)(H,60,69)(H,62,63,71)(H,64,70,72). The van der Waals surface area contributed by atoms with Gasteiger partial charge in [-0.3, -0.25) is 38.7 Å². The number of hydrogen-bond donors (Lipinski definition) is 4. The Morgan fingerprint density at radius 2 is 1.66 bits per heavy atom. The van der Waals surface area contributed by atoms with Gasteiger partial charge >= 0.3 is 0 Å². The van der Waals surface area contributed by atoms with Gasteiger partial charge in [-0.25, -0.2) is 9.97 Å². The number of thiazole rings is 1. The monoisotopic (exact) mass is 1010 g/mol. The second kappa shape index (κ2) is 19.5. The van der Waals surface area contributed by atoms with Crippen molar-refractivity contribution in [1.82, 2.24) is 40.2 Å². The lowest BCUT2D eigenvalue weighted by molar-refractivity contribution is -0.134. The second-order valence-corrected chi connectivity index (χ2v) is 22.7. The fourth-order valence-electron chi connectivity index (χ4n) is 13.4. The van der Waals surface area contributed by atoms with Crippen molar-refractivity contribution in [3.8, 4) is 11.1 Å². The molecule has 0 spiro atoms. The molecule has 4 aliphatic carbocycles. The van der Waals surface area contributed by atoms with E-state index < -0.39 is 5.92 Å². The molecule has 6 heterocycles. The van der Waals surface area contributed by atoms with Crippen molar-refractivity contribution in [3.63, 3.8) is 0 Å². The van der Waals surface area contributed by atoms with Crippen molar-refractivity contribution in [1.29, 1.82) is 0 Å². The lowest BCUT2D eigenvalue weighted by atomic mass is 9.49. The zero-order chi connectivity index (χ0) is 50.7. The minimum Gasteiger partial charge on any atom is -0.351 e. The Morgan fingerprint density at radius 1 is 0.851 bits per heavy atom. The Hall–Kier alpha value is -7.27. The molecule has 6 aliphatic rings. The summed E-state index contributed by atoms with van der Waals surface area (Å²) in [7, 11) is 1.79. The van der Waals surface area contributed by atoms with Gasteiger partial charge < -0.3 is 20.9 Å². The van der Waals surface area contributed by atoms with Gasteiger partial charge in [0.25, 0.3) is 11.8 Å². The van der Waals surface area contributed by atoms with Crippen LogP contribution in [0.5, 0.6) is 0 Å². The smallest absolute Gasteiger partial charge is 0.270 e. The number of anilines is 3. The van der Waals surface area contributed by atoms with E-state index in [0.29, 0.717) is 67.7 Å². The molecule has 16 nitrogen and oxygen atoms in total. The van der Waals surface area contributed by atoms with Crippen molar-refractivity contribution in [2.45, 2.75) is 109 Å². The van der Waals surface area contributed by atoms with Crippen LogP contribution in [0.15, 0.2) is 79.0 Å². The molecule has 4 saturated carbocycles. The molecule has 380 valence electrons. The van der Waals surface area contributed by atoms with Crippen molar-refractivity contribution >= 4 is 78.6 Å². The maximum Gasteiger partial charge on any atom is 0.270 e. The van der Waals surface area contributed by atoms with Crippen LogP contribution in [0.25, 0.3) is 32.2 Å². The second-order valence-electron chi connectivity index (χ2n) is 21.7. The van der Waals surface area contributed by atoms with Gasteiger partial charge in [-0.1, -0.05) is 42.0 Å².